The minimum atomic E-state index is 0.179. The third-order valence-electron chi connectivity index (χ3n) is 3.51. The van der Waals surface area contributed by atoms with Crippen LogP contribution in [0.5, 0.6) is 11.5 Å². The molecular formula is C16H24BrNO3. The first-order valence-electron chi connectivity index (χ1n) is 7.43. The summed E-state index contributed by atoms with van der Waals surface area (Å²) in [5.41, 5.74) is 0. The largest absolute Gasteiger partial charge is 0.497 e. The summed E-state index contributed by atoms with van der Waals surface area (Å²) in [6, 6.07) is 6.21. The topological polar surface area (TPSA) is 39.7 Å². The molecule has 1 N–H and O–H groups in total. The Bertz CT molecular complexity index is 453. The van der Waals surface area contributed by atoms with Gasteiger partial charge in [-0.15, -0.1) is 0 Å². The SMILES string of the molecule is COc1ccc(OCC2CCC(CNC(C)C)O2)c(Br)c1. The number of hydrogen-bond acceptors (Lipinski definition) is 4. The maximum absolute atomic E-state index is 5.99. The zero-order valence-corrected chi connectivity index (χ0v) is 14.5. The molecule has 0 bridgehead atoms. The molecule has 0 aliphatic carbocycles. The fraction of sp³-hybridized carbons (Fsp3) is 0.625. The molecule has 21 heavy (non-hydrogen) atoms. The number of halogens is 1. The maximum atomic E-state index is 5.99. The predicted molar refractivity (Wildman–Crippen MR) is 87.2 cm³/mol. The van der Waals surface area contributed by atoms with Crippen LogP contribution >= 0.6 is 15.9 Å². The van der Waals surface area contributed by atoms with E-state index in [4.69, 9.17) is 14.2 Å². The van der Waals surface area contributed by atoms with E-state index < -0.39 is 0 Å². The third kappa shape index (κ3) is 5.16. The molecule has 0 radical (unpaired) electrons. The Morgan fingerprint density at radius 2 is 2.10 bits per heavy atom. The lowest BCUT2D eigenvalue weighted by Crippen LogP contribution is -2.32. The van der Waals surface area contributed by atoms with E-state index in [0.29, 0.717) is 18.8 Å². The molecule has 2 atom stereocenters. The van der Waals surface area contributed by atoms with Crippen LogP contribution in [0.1, 0.15) is 26.7 Å². The van der Waals surface area contributed by atoms with E-state index in [1.807, 2.05) is 18.2 Å². The van der Waals surface area contributed by atoms with Crippen molar-refractivity contribution >= 4 is 15.9 Å². The summed E-state index contributed by atoms with van der Waals surface area (Å²) in [5, 5.41) is 3.42. The summed E-state index contributed by atoms with van der Waals surface area (Å²) in [6.07, 6.45) is 2.63. The van der Waals surface area contributed by atoms with E-state index in [1.165, 1.54) is 0 Å². The molecule has 1 saturated heterocycles. The molecule has 0 amide bonds. The van der Waals surface area contributed by atoms with E-state index in [1.54, 1.807) is 7.11 Å². The minimum absolute atomic E-state index is 0.179. The van der Waals surface area contributed by atoms with Gasteiger partial charge in [-0.3, -0.25) is 0 Å². The fourth-order valence-corrected chi connectivity index (χ4v) is 2.80. The van der Waals surface area contributed by atoms with Gasteiger partial charge >= 0.3 is 0 Å². The lowest BCUT2D eigenvalue weighted by molar-refractivity contribution is 0.0177. The molecule has 1 aromatic carbocycles. The van der Waals surface area contributed by atoms with E-state index in [0.717, 1.165) is 35.4 Å². The van der Waals surface area contributed by atoms with Gasteiger partial charge in [-0.25, -0.2) is 0 Å². The lowest BCUT2D eigenvalue weighted by Gasteiger charge is -2.17. The van der Waals surface area contributed by atoms with Crippen molar-refractivity contribution in [1.82, 2.24) is 5.32 Å². The maximum Gasteiger partial charge on any atom is 0.133 e. The third-order valence-corrected chi connectivity index (χ3v) is 4.13. The Hall–Kier alpha value is -0.780. The average molecular weight is 358 g/mol. The molecule has 0 spiro atoms. The molecule has 1 aliphatic heterocycles. The first-order chi connectivity index (χ1) is 10.1. The molecule has 1 aliphatic rings. The zero-order chi connectivity index (χ0) is 15.2. The van der Waals surface area contributed by atoms with Crippen LogP contribution in [0.2, 0.25) is 0 Å². The highest BCUT2D eigenvalue weighted by Crippen LogP contribution is 2.30. The van der Waals surface area contributed by atoms with Crippen LogP contribution in [0.15, 0.2) is 22.7 Å². The van der Waals surface area contributed by atoms with Gasteiger partial charge in [-0.1, -0.05) is 13.8 Å². The van der Waals surface area contributed by atoms with Gasteiger partial charge in [-0.05, 0) is 47.0 Å². The zero-order valence-electron chi connectivity index (χ0n) is 12.9. The van der Waals surface area contributed by atoms with Gasteiger partial charge in [0.25, 0.3) is 0 Å². The summed E-state index contributed by atoms with van der Waals surface area (Å²) < 4.78 is 17.9. The molecule has 4 nitrogen and oxygen atoms in total. The van der Waals surface area contributed by atoms with Crippen molar-refractivity contribution in [3.05, 3.63) is 22.7 Å². The van der Waals surface area contributed by atoms with Crippen LogP contribution in [0.4, 0.5) is 0 Å². The highest BCUT2D eigenvalue weighted by atomic mass is 79.9. The highest BCUT2D eigenvalue weighted by molar-refractivity contribution is 9.10. The van der Waals surface area contributed by atoms with Gasteiger partial charge < -0.3 is 19.5 Å². The quantitative estimate of drug-likeness (QED) is 0.811. The van der Waals surface area contributed by atoms with Crippen LogP contribution in [0.25, 0.3) is 0 Å². The Morgan fingerprint density at radius 3 is 2.76 bits per heavy atom. The number of benzene rings is 1. The highest BCUT2D eigenvalue weighted by Gasteiger charge is 2.25. The number of nitrogens with one attached hydrogen (secondary N) is 1. The predicted octanol–water partition coefficient (Wildman–Crippen LogP) is 3.38. The smallest absolute Gasteiger partial charge is 0.133 e. The fourth-order valence-electron chi connectivity index (χ4n) is 2.33. The normalized spacial score (nSPS) is 21.8. The molecule has 1 fully saturated rings. The number of hydrogen-bond donors (Lipinski definition) is 1. The van der Waals surface area contributed by atoms with E-state index in [2.05, 4.69) is 35.1 Å². The van der Waals surface area contributed by atoms with Gasteiger partial charge in [0.2, 0.25) is 0 Å². The van der Waals surface area contributed by atoms with Crippen molar-refractivity contribution in [3.63, 3.8) is 0 Å². The molecule has 2 unspecified atom stereocenters. The number of rotatable bonds is 7. The van der Waals surface area contributed by atoms with Gasteiger partial charge in [0.05, 0.1) is 23.8 Å². The summed E-state index contributed by atoms with van der Waals surface area (Å²) in [5.74, 6) is 1.63. The van der Waals surface area contributed by atoms with Gasteiger partial charge in [-0.2, -0.15) is 0 Å². The Balaban J connectivity index is 1.76. The second-order valence-electron chi connectivity index (χ2n) is 5.63. The first-order valence-corrected chi connectivity index (χ1v) is 8.23. The van der Waals surface area contributed by atoms with Crippen molar-refractivity contribution in [2.24, 2.45) is 0 Å². The van der Waals surface area contributed by atoms with Crippen LogP contribution in [0.3, 0.4) is 0 Å². The van der Waals surface area contributed by atoms with E-state index in [9.17, 15) is 0 Å². The van der Waals surface area contributed by atoms with Crippen LogP contribution in [-0.2, 0) is 4.74 Å². The first kappa shape index (κ1) is 16.6. The van der Waals surface area contributed by atoms with E-state index >= 15 is 0 Å². The van der Waals surface area contributed by atoms with Gasteiger partial charge in [0, 0.05) is 12.6 Å². The van der Waals surface area contributed by atoms with Crippen LogP contribution < -0.4 is 14.8 Å². The molecule has 1 heterocycles. The molecule has 2 rings (SSSR count). The van der Waals surface area contributed by atoms with Crippen molar-refractivity contribution < 1.29 is 14.2 Å². The van der Waals surface area contributed by atoms with Crippen LogP contribution in [0, 0.1) is 0 Å². The number of ether oxygens (including phenoxy) is 3. The number of methoxy groups -OCH3 is 1. The summed E-state index contributed by atoms with van der Waals surface area (Å²) in [6.45, 7) is 5.80. The Labute approximate surface area is 135 Å². The molecule has 118 valence electrons. The van der Waals surface area contributed by atoms with Crippen LogP contribution in [-0.4, -0.2) is 38.5 Å². The minimum Gasteiger partial charge on any atom is -0.497 e. The molecular weight excluding hydrogens is 334 g/mol. The van der Waals surface area contributed by atoms with Crippen molar-refractivity contribution in [1.29, 1.82) is 0 Å². The van der Waals surface area contributed by atoms with Gasteiger partial charge in [0.15, 0.2) is 0 Å². The van der Waals surface area contributed by atoms with Crippen molar-refractivity contribution in [3.8, 4) is 11.5 Å². The second kappa shape index (κ2) is 8.01. The monoisotopic (exact) mass is 357 g/mol. The summed E-state index contributed by atoms with van der Waals surface area (Å²) in [7, 11) is 1.65. The Kier molecular flexibility index (Phi) is 6.33. The van der Waals surface area contributed by atoms with Crippen molar-refractivity contribution in [2.45, 2.75) is 44.9 Å². The van der Waals surface area contributed by atoms with Crippen molar-refractivity contribution in [2.75, 3.05) is 20.3 Å². The average Bonchev–Trinajstić information content (AvgIpc) is 2.91. The molecule has 0 aromatic heterocycles. The molecule has 1 aromatic rings. The second-order valence-corrected chi connectivity index (χ2v) is 6.48. The molecule has 0 saturated carbocycles. The molecule has 5 heteroatoms. The lowest BCUT2D eigenvalue weighted by atomic mass is 10.2. The standard InChI is InChI=1S/C16H24BrNO3/c1-11(2)18-9-13-4-5-14(21-13)10-20-16-7-6-12(19-3)8-15(16)17/h6-8,11,13-14,18H,4-5,9-10H2,1-3H3. The van der Waals surface area contributed by atoms with E-state index in [-0.39, 0.29) is 6.10 Å². The summed E-state index contributed by atoms with van der Waals surface area (Å²) in [4.78, 5) is 0. The Morgan fingerprint density at radius 1 is 1.33 bits per heavy atom. The van der Waals surface area contributed by atoms with Gasteiger partial charge in [0.1, 0.15) is 18.1 Å². The summed E-state index contributed by atoms with van der Waals surface area (Å²) >= 11 is 3.49.